The van der Waals surface area contributed by atoms with Gasteiger partial charge < -0.3 is 5.73 Å². The van der Waals surface area contributed by atoms with Crippen molar-refractivity contribution in [2.45, 2.75) is 44.6 Å². The smallest absolute Gasteiger partial charge is 0.124 e. The summed E-state index contributed by atoms with van der Waals surface area (Å²) in [5.74, 6) is 0.452. The fourth-order valence-electron chi connectivity index (χ4n) is 2.75. The highest BCUT2D eigenvalue weighted by Gasteiger charge is 2.18. The molecule has 94 valence electrons. The summed E-state index contributed by atoms with van der Waals surface area (Å²) in [6.45, 7) is 0. The Kier molecular flexibility index (Phi) is 4.57. The second-order valence-corrected chi connectivity index (χ2v) is 6.04. The van der Waals surface area contributed by atoms with E-state index in [1.165, 1.54) is 25.3 Å². The number of rotatable bonds is 2. The molecule has 0 saturated heterocycles. The van der Waals surface area contributed by atoms with Crippen molar-refractivity contribution in [1.29, 1.82) is 0 Å². The van der Waals surface area contributed by atoms with Crippen molar-refractivity contribution in [3.8, 4) is 0 Å². The van der Waals surface area contributed by atoms with Crippen molar-refractivity contribution in [2.24, 2.45) is 11.7 Å². The van der Waals surface area contributed by atoms with Crippen LogP contribution in [0.1, 0.15) is 37.7 Å². The minimum absolute atomic E-state index is 0.160. The molecule has 1 fully saturated rings. The summed E-state index contributed by atoms with van der Waals surface area (Å²) in [7, 11) is 0. The van der Waals surface area contributed by atoms with Gasteiger partial charge in [-0.3, -0.25) is 0 Å². The van der Waals surface area contributed by atoms with Crippen LogP contribution in [0.3, 0.4) is 0 Å². The Bertz CT molecular complexity index is 360. The van der Waals surface area contributed by atoms with Gasteiger partial charge in [0.1, 0.15) is 5.82 Å². The molecule has 0 bridgehead atoms. The van der Waals surface area contributed by atoms with Crippen LogP contribution in [0.4, 0.5) is 4.39 Å². The molecule has 1 aromatic carbocycles. The van der Waals surface area contributed by atoms with Crippen molar-refractivity contribution in [3.05, 3.63) is 34.1 Å². The Morgan fingerprint density at radius 3 is 2.76 bits per heavy atom. The van der Waals surface area contributed by atoms with Gasteiger partial charge in [0.2, 0.25) is 0 Å². The van der Waals surface area contributed by atoms with Crippen LogP contribution in [-0.2, 0) is 6.42 Å². The van der Waals surface area contributed by atoms with E-state index in [0.29, 0.717) is 12.0 Å². The van der Waals surface area contributed by atoms with Gasteiger partial charge in [-0.05, 0) is 48.9 Å². The molecule has 0 aliphatic heterocycles. The van der Waals surface area contributed by atoms with Gasteiger partial charge in [-0.2, -0.15) is 0 Å². The lowest BCUT2D eigenvalue weighted by molar-refractivity contribution is 0.430. The molecule has 3 heteroatoms. The Morgan fingerprint density at radius 1 is 1.24 bits per heavy atom. The summed E-state index contributed by atoms with van der Waals surface area (Å²) in [5, 5.41) is 0. The number of hydrogen-bond donors (Lipinski definition) is 1. The average molecular weight is 300 g/mol. The second kappa shape index (κ2) is 5.96. The van der Waals surface area contributed by atoms with Crippen LogP contribution in [0.15, 0.2) is 22.7 Å². The Labute approximate surface area is 111 Å². The van der Waals surface area contributed by atoms with Gasteiger partial charge in [-0.25, -0.2) is 4.39 Å². The van der Waals surface area contributed by atoms with Crippen molar-refractivity contribution >= 4 is 15.9 Å². The molecule has 1 aromatic rings. The van der Waals surface area contributed by atoms with Gasteiger partial charge in [0, 0.05) is 10.5 Å². The summed E-state index contributed by atoms with van der Waals surface area (Å²) in [6.07, 6.45) is 6.89. The third kappa shape index (κ3) is 4.07. The second-order valence-electron chi connectivity index (χ2n) is 5.13. The number of benzene rings is 1. The van der Waals surface area contributed by atoms with E-state index >= 15 is 0 Å². The van der Waals surface area contributed by atoms with E-state index in [-0.39, 0.29) is 5.82 Å². The standard InChI is InChI=1S/C14H19BrFN/c15-12-6-11(7-13(16)9-12)5-10-3-1-2-4-14(17)8-10/h6-7,9-10,14H,1-5,8,17H2. The summed E-state index contributed by atoms with van der Waals surface area (Å²) < 4.78 is 14.1. The number of hydrogen-bond acceptors (Lipinski definition) is 1. The van der Waals surface area contributed by atoms with E-state index in [0.717, 1.165) is 29.3 Å². The first kappa shape index (κ1) is 13.0. The zero-order chi connectivity index (χ0) is 12.3. The molecule has 2 N–H and O–H groups in total. The van der Waals surface area contributed by atoms with Crippen LogP contribution in [-0.4, -0.2) is 6.04 Å². The first-order valence-electron chi connectivity index (χ1n) is 6.34. The summed E-state index contributed by atoms with van der Waals surface area (Å²) in [5.41, 5.74) is 7.13. The van der Waals surface area contributed by atoms with Gasteiger partial charge in [-0.1, -0.05) is 35.2 Å². The molecule has 0 spiro atoms. The molecule has 17 heavy (non-hydrogen) atoms. The molecule has 1 aliphatic carbocycles. The quantitative estimate of drug-likeness (QED) is 0.820. The van der Waals surface area contributed by atoms with Crippen LogP contribution in [0, 0.1) is 11.7 Å². The van der Waals surface area contributed by atoms with Gasteiger partial charge in [0.05, 0.1) is 0 Å². The van der Waals surface area contributed by atoms with Crippen LogP contribution in [0.25, 0.3) is 0 Å². The van der Waals surface area contributed by atoms with E-state index in [4.69, 9.17) is 5.73 Å². The Morgan fingerprint density at radius 2 is 2.00 bits per heavy atom. The molecule has 1 nitrogen and oxygen atoms in total. The summed E-state index contributed by atoms with van der Waals surface area (Å²) >= 11 is 3.34. The van der Waals surface area contributed by atoms with Gasteiger partial charge in [0.25, 0.3) is 0 Å². The maximum atomic E-state index is 13.3. The maximum absolute atomic E-state index is 13.3. The third-order valence-electron chi connectivity index (χ3n) is 3.52. The van der Waals surface area contributed by atoms with Crippen molar-refractivity contribution < 1.29 is 4.39 Å². The van der Waals surface area contributed by atoms with E-state index in [1.807, 2.05) is 6.07 Å². The number of halogens is 2. The molecule has 2 rings (SSSR count). The van der Waals surface area contributed by atoms with E-state index in [2.05, 4.69) is 15.9 Å². The van der Waals surface area contributed by atoms with Crippen molar-refractivity contribution in [1.82, 2.24) is 0 Å². The van der Waals surface area contributed by atoms with Gasteiger partial charge >= 0.3 is 0 Å². The highest BCUT2D eigenvalue weighted by Crippen LogP contribution is 2.27. The predicted octanol–water partition coefficient (Wildman–Crippen LogP) is 4.04. The van der Waals surface area contributed by atoms with Gasteiger partial charge in [0.15, 0.2) is 0 Å². The van der Waals surface area contributed by atoms with Crippen LogP contribution in [0.5, 0.6) is 0 Å². The molecule has 0 aromatic heterocycles. The normalized spacial score (nSPS) is 25.6. The topological polar surface area (TPSA) is 26.0 Å². The highest BCUT2D eigenvalue weighted by molar-refractivity contribution is 9.10. The molecule has 1 aliphatic rings. The predicted molar refractivity (Wildman–Crippen MR) is 72.4 cm³/mol. The SMILES string of the molecule is NC1CCCCC(Cc2cc(F)cc(Br)c2)C1. The summed E-state index contributed by atoms with van der Waals surface area (Å²) in [4.78, 5) is 0. The molecule has 2 atom stereocenters. The molecule has 0 amide bonds. The van der Waals surface area contributed by atoms with Crippen LogP contribution >= 0.6 is 15.9 Å². The Balaban J connectivity index is 2.03. The molecule has 2 unspecified atom stereocenters. The lowest BCUT2D eigenvalue weighted by Gasteiger charge is -2.17. The lowest BCUT2D eigenvalue weighted by Crippen LogP contribution is -2.22. The monoisotopic (exact) mass is 299 g/mol. The maximum Gasteiger partial charge on any atom is 0.124 e. The number of nitrogens with two attached hydrogens (primary N) is 1. The van der Waals surface area contributed by atoms with E-state index < -0.39 is 0 Å². The minimum Gasteiger partial charge on any atom is -0.328 e. The Hall–Kier alpha value is -0.410. The fraction of sp³-hybridized carbons (Fsp3) is 0.571. The lowest BCUT2D eigenvalue weighted by atomic mass is 9.91. The molecular formula is C14H19BrFN. The molecule has 1 saturated carbocycles. The fourth-order valence-corrected chi connectivity index (χ4v) is 3.26. The zero-order valence-electron chi connectivity index (χ0n) is 9.96. The summed E-state index contributed by atoms with van der Waals surface area (Å²) in [6, 6.07) is 5.49. The first-order chi connectivity index (χ1) is 8.13. The molecular weight excluding hydrogens is 281 g/mol. The van der Waals surface area contributed by atoms with Crippen molar-refractivity contribution in [2.75, 3.05) is 0 Å². The molecule has 0 radical (unpaired) electrons. The van der Waals surface area contributed by atoms with E-state index in [1.54, 1.807) is 6.07 Å². The highest BCUT2D eigenvalue weighted by atomic mass is 79.9. The van der Waals surface area contributed by atoms with Gasteiger partial charge in [-0.15, -0.1) is 0 Å². The van der Waals surface area contributed by atoms with Crippen molar-refractivity contribution in [3.63, 3.8) is 0 Å². The van der Waals surface area contributed by atoms with Crippen LogP contribution < -0.4 is 5.73 Å². The third-order valence-corrected chi connectivity index (χ3v) is 3.98. The molecule has 0 heterocycles. The average Bonchev–Trinajstić information content (AvgIpc) is 2.41. The van der Waals surface area contributed by atoms with Crippen LogP contribution in [0.2, 0.25) is 0 Å². The minimum atomic E-state index is -0.160. The largest absolute Gasteiger partial charge is 0.328 e. The zero-order valence-corrected chi connectivity index (χ0v) is 11.5. The van der Waals surface area contributed by atoms with E-state index in [9.17, 15) is 4.39 Å². The first-order valence-corrected chi connectivity index (χ1v) is 7.13.